The van der Waals surface area contributed by atoms with E-state index in [-0.39, 0.29) is 0 Å². The number of rotatable bonds is 3. The zero-order valence-electron chi connectivity index (χ0n) is 20.5. The van der Waals surface area contributed by atoms with Crippen LogP contribution in [0.5, 0.6) is 0 Å². The van der Waals surface area contributed by atoms with E-state index in [1.807, 2.05) is 18.5 Å². The van der Waals surface area contributed by atoms with Crippen LogP contribution >= 0.6 is 0 Å². The lowest BCUT2D eigenvalue weighted by Crippen LogP contribution is -1.97. The van der Waals surface area contributed by atoms with Gasteiger partial charge in [0, 0.05) is 57.8 Å². The Kier molecular flexibility index (Phi) is 4.49. The molecule has 4 heterocycles. The fourth-order valence-electron chi connectivity index (χ4n) is 5.63. The van der Waals surface area contributed by atoms with E-state index < -0.39 is 0 Å². The maximum atomic E-state index is 4.90. The largest absolute Gasteiger partial charge is 0.317 e. The number of pyridine rings is 2. The molecule has 0 saturated carbocycles. The lowest BCUT2D eigenvalue weighted by atomic mass is 10.0. The Hall–Kier alpha value is -5.22. The summed E-state index contributed by atoms with van der Waals surface area (Å²) in [6.07, 6.45) is 7.75. The van der Waals surface area contributed by atoms with Gasteiger partial charge in [0.1, 0.15) is 5.82 Å². The molecule has 178 valence electrons. The minimum Gasteiger partial charge on any atom is -0.317 e. The highest BCUT2D eigenvalue weighted by molar-refractivity contribution is 6.14. The molecule has 0 aliphatic carbocycles. The van der Waals surface area contributed by atoms with Gasteiger partial charge >= 0.3 is 0 Å². The number of fused-ring (bicyclic) bond motifs is 5. The van der Waals surface area contributed by atoms with Gasteiger partial charge in [-0.1, -0.05) is 42.5 Å². The van der Waals surface area contributed by atoms with Crippen LogP contribution in [0, 0.1) is 0 Å². The molecule has 4 nitrogen and oxygen atoms in total. The molecule has 0 N–H and O–H groups in total. The molecule has 0 spiro atoms. The third-order valence-electron chi connectivity index (χ3n) is 7.45. The second-order valence-electron chi connectivity index (χ2n) is 9.65. The number of para-hydroxylation sites is 2. The molecule has 0 amide bonds. The van der Waals surface area contributed by atoms with Crippen molar-refractivity contribution in [3.05, 3.63) is 134 Å². The number of hydrogen-bond acceptors (Lipinski definition) is 2. The predicted octanol–water partition coefficient (Wildman–Crippen LogP) is 8.34. The summed E-state index contributed by atoms with van der Waals surface area (Å²) in [4.78, 5) is 9.16. The van der Waals surface area contributed by atoms with Crippen LogP contribution in [0.4, 0.5) is 0 Å². The predicted molar refractivity (Wildman–Crippen MR) is 156 cm³/mol. The van der Waals surface area contributed by atoms with E-state index in [4.69, 9.17) is 4.98 Å². The smallest absolute Gasteiger partial charge is 0.137 e. The van der Waals surface area contributed by atoms with E-state index in [2.05, 4.69) is 123 Å². The molecule has 38 heavy (non-hydrogen) atoms. The fraction of sp³-hybridized carbons (Fsp3) is 0. The molecule has 0 atom stereocenters. The first kappa shape index (κ1) is 20.9. The molecule has 8 rings (SSSR count). The van der Waals surface area contributed by atoms with Crippen molar-refractivity contribution in [1.29, 1.82) is 0 Å². The molecule has 4 aromatic heterocycles. The highest BCUT2D eigenvalue weighted by atomic mass is 15.1. The molecule has 8 aromatic rings. The molecule has 0 radical (unpaired) electrons. The van der Waals surface area contributed by atoms with E-state index in [0.717, 1.165) is 33.7 Å². The Balaban J connectivity index is 1.37. The van der Waals surface area contributed by atoms with Crippen LogP contribution in [0.15, 0.2) is 134 Å². The van der Waals surface area contributed by atoms with Gasteiger partial charge in [-0.2, -0.15) is 0 Å². The van der Waals surface area contributed by atoms with Crippen molar-refractivity contribution in [2.75, 3.05) is 0 Å². The average molecular weight is 487 g/mol. The van der Waals surface area contributed by atoms with Crippen molar-refractivity contribution in [2.24, 2.45) is 0 Å². The summed E-state index contributed by atoms with van der Waals surface area (Å²) in [5, 5.41) is 6.13. The Morgan fingerprint density at radius 3 is 2.18 bits per heavy atom. The van der Waals surface area contributed by atoms with E-state index >= 15 is 0 Å². The number of nitrogens with zero attached hydrogens (tertiary/aromatic N) is 4. The summed E-state index contributed by atoms with van der Waals surface area (Å²) in [6, 6.07) is 38.8. The first-order valence-corrected chi connectivity index (χ1v) is 12.7. The minimum atomic E-state index is 0.900. The van der Waals surface area contributed by atoms with Crippen LogP contribution in [0.2, 0.25) is 0 Å². The van der Waals surface area contributed by atoms with E-state index in [0.29, 0.717) is 0 Å². The summed E-state index contributed by atoms with van der Waals surface area (Å²) in [7, 11) is 0. The van der Waals surface area contributed by atoms with Crippen LogP contribution in [0.1, 0.15) is 0 Å². The Morgan fingerprint density at radius 2 is 1.34 bits per heavy atom. The lowest BCUT2D eigenvalue weighted by molar-refractivity contribution is 1.08. The monoisotopic (exact) mass is 486 g/mol. The van der Waals surface area contributed by atoms with Crippen LogP contribution in [0.3, 0.4) is 0 Å². The summed E-state index contributed by atoms with van der Waals surface area (Å²) in [5.74, 6) is 0.900. The van der Waals surface area contributed by atoms with Gasteiger partial charge in [0.25, 0.3) is 0 Å². The summed E-state index contributed by atoms with van der Waals surface area (Å²) < 4.78 is 4.53. The van der Waals surface area contributed by atoms with Crippen molar-refractivity contribution in [3.8, 4) is 22.6 Å². The van der Waals surface area contributed by atoms with Crippen molar-refractivity contribution in [3.63, 3.8) is 0 Å². The molecule has 0 bridgehead atoms. The maximum Gasteiger partial charge on any atom is 0.137 e. The second-order valence-corrected chi connectivity index (χ2v) is 9.65. The normalized spacial score (nSPS) is 11.7. The van der Waals surface area contributed by atoms with Crippen molar-refractivity contribution < 1.29 is 0 Å². The molecular weight excluding hydrogens is 464 g/mol. The molecule has 4 aromatic carbocycles. The third-order valence-corrected chi connectivity index (χ3v) is 7.45. The molecule has 0 saturated heterocycles. The van der Waals surface area contributed by atoms with Crippen LogP contribution in [-0.4, -0.2) is 19.1 Å². The Morgan fingerprint density at radius 1 is 0.526 bits per heavy atom. The van der Waals surface area contributed by atoms with Crippen molar-refractivity contribution >= 4 is 43.5 Å². The van der Waals surface area contributed by atoms with Gasteiger partial charge in [0.05, 0.1) is 16.6 Å². The van der Waals surface area contributed by atoms with Gasteiger partial charge in [0.2, 0.25) is 0 Å². The Bertz CT molecular complexity index is 2100. The molecule has 4 heteroatoms. The second kappa shape index (κ2) is 8.15. The van der Waals surface area contributed by atoms with Gasteiger partial charge in [-0.25, -0.2) is 4.98 Å². The number of hydrogen-bond donors (Lipinski definition) is 0. The Labute approximate surface area is 219 Å². The van der Waals surface area contributed by atoms with Gasteiger partial charge in [-0.05, 0) is 77.5 Å². The van der Waals surface area contributed by atoms with E-state index in [1.54, 1.807) is 6.20 Å². The van der Waals surface area contributed by atoms with Crippen LogP contribution in [0.25, 0.3) is 66.1 Å². The maximum absolute atomic E-state index is 4.90. The summed E-state index contributed by atoms with van der Waals surface area (Å²) in [6.45, 7) is 0. The average Bonchev–Trinajstić information content (AvgIpc) is 3.54. The standard InChI is InChI=1S/C34H22N4/c1-2-8-28(9-3-1)37-16-14-23-17-26-18-30-29-10-4-5-11-31(29)38(33(30)20-27(26)19-32(23)37)34-13-12-25(22-36-34)24-7-6-15-35-21-24/h1-22H. The minimum absolute atomic E-state index is 0.900. The number of aromatic nitrogens is 4. The summed E-state index contributed by atoms with van der Waals surface area (Å²) in [5.41, 5.74) is 6.78. The first-order valence-electron chi connectivity index (χ1n) is 12.7. The first-order chi connectivity index (χ1) is 18.8. The SMILES string of the molecule is c1ccc(-n2ccc3cc4cc5c6ccccc6n(-c6ccc(-c7cccnc7)cn6)c5cc4cc32)cc1. The topological polar surface area (TPSA) is 35.6 Å². The molecule has 0 aliphatic rings. The molecular formula is C34H22N4. The van der Waals surface area contributed by atoms with Crippen molar-refractivity contribution in [1.82, 2.24) is 19.1 Å². The van der Waals surface area contributed by atoms with Gasteiger partial charge in [-0.3, -0.25) is 9.55 Å². The fourth-order valence-corrected chi connectivity index (χ4v) is 5.63. The van der Waals surface area contributed by atoms with Crippen LogP contribution < -0.4 is 0 Å². The number of benzene rings is 4. The van der Waals surface area contributed by atoms with E-state index in [9.17, 15) is 0 Å². The van der Waals surface area contributed by atoms with Gasteiger partial charge in [0.15, 0.2) is 0 Å². The van der Waals surface area contributed by atoms with E-state index in [1.165, 1.54) is 32.4 Å². The molecule has 0 unspecified atom stereocenters. The molecule has 0 aliphatic heterocycles. The quantitative estimate of drug-likeness (QED) is 0.252. The third kappa shape index (κ3) is 3.17. The zero-order valence-corrected chi connectivity index (χ0v) is 20.5. The molecule has 0 fully saturated rings. The highest BCUT2D eigenvalue weighted by Gasteiger charge is 2.15. The van der Waals surface area contributed by atoms with Crippen molar-refractivity contribution in [2.45, 2.75) is 0 Å². The highest BCUT2D eigenvalue weighted by Crippen LogP contribution is 2.36. The zero-order chi connectivity index (χ0) is 25.1. The van der Waals surface area contributed by atoms with Gasteiger partial charge in [-0.15, -0.1) is 0 Å². The van der Waals surface area contributed by atoms with Crippen LogP contribution in [-0.2, 0) is 0 Å². The van der Waals surface area contributed by atoms with Gasteiger partial charge < -0.3 is 4.57 Å². The lowest BCUT2D eigenvalue weighted by Gasteiger charge is -2.09. The summed E-state index contributed by atoms with van der Waals surface area (Å²) >= 11 is 0.